The van der Waals surface area contributed by atoms with Crippen LogP contribution < -0.4 is 0 Å². The molecule has 14 nitrogen and oxygen atoms in total. The van der Waals surface area contributed by atoms with Gasteiger partial charge in [-0.25, -0.2) is 0 Å². The van der Waals surface area contributed by atoms with Gasteiger partial charge in [0, 0.05) is 27.7 Å². The van der Waals surface area contributed by atoms with Crippen LogP contribution >= 0.6 is 0 Å². The highest BCUT2D eigenvalue weighted by Gasteiger charge is 2.52. The van der Waals surface area contributed by atoms with E-state index in [0.29, 0.717) is 19.8 Å². The lowest BCUT2D eigenvalue weighted by Gasteiger charge is -2.44. The Kier molecular flexibility index (Phi) is 15.8. The molecule has 0 saturated carbocycles. The third-order valence-corrected chi connectivity index (χ3v) is 4.44. The van der Waals surface area contributed by atoms with Gasteiger partial charge >= 0.3 is 23.9 Å². The number of carbonyl (C=O) groups excluding carboxylic acids is 4. The van der Waals surface area contributed by atoms with E-state index in [9.17, 15) is 19.2 Å². The molecule has 0 aromatic heterocycles. The van der Waals surface area contributed by atoms with E-state index in [1.807, 2.05) is 0 Å². The standard InChI is InChI=1S/C22H36O14/c1-14(24)32-13-18-19(33-15(2)25)20(34-16(3)26)21(35-17(4)27)22(36-18)31-12-11-30-10-9-29-8-7-28-6-5-23/h18-23H,5-13H2,1-4H3/t18-,19-,20+,21+,22+/m1/s1. The monoisotopic (exact) mass is 524 g/mol. The molecule has 0 unspecified atom stereocenters. The summed E-state index contributed by atoms with van der Waals surface area (Å²) in [6.07, 6.45) is -6.16. The highest BCUT2D eigenvalue weighted by Crippen LogP contribution is 2.29. The molecule has 208 valence electrons. The lowest BCUT2D eigenvalue weighted by molar-refractivity contribution is -0.309. The fraction of sp³-hybridized carbons (Fsp3) is 0.818. The summed E-state index contributed by atoms with van der Waals surface area (Å²) in [6, 6.07) is 0. The van der Waals surface area contributed by atoms with Crippen molar-refractivity contribution in [2.45, 2.75) is 58.4 Å². The molecule has 1 N–H and O–H groups in total. The van der Waals surface area contributed by atoms with Crippen LogP contribution in [-0.4, -0.2) is 119 Å². The van der Waals surface area contributed by atoms with E-state index < -0.39 is 54.6 Å². The molecule has 1 rings (SSSR count). The van der Waals surface area contributed by atoms with Crippen LogP contribution in [0.2, 0.25) is 0 Å². The van der Waals surface area contributed by atoms with Crippen molar-refractivity contribution in [3.8, 4) is 0 Å². The molecule has 1 aliphatic heterocycles. The number of carbonyl (C=O) groups is 4. The van der Waals surface area contributed by atoms with Crippen molar-refractivity contribution in [2.24, 2.45) is 0 Å². The topological polar surface area (TPSA) is 172 Å². The molecule has 1 fully saturated rings. The van der Waals surface area contributed by atoms with Crippen LogP contribution in [0.15, 0.2) is 0 Å². The van der Waals surface area contributed by atoms with Crippen LogP contribution in [-0.2, 0) is 61.8 Å². The van der Waals surface area contributed by atoms with E-state index in [-0.39, 0.29) is 39.6 Å². The normalized spacial score (nSPS) is 23.5. The van der Waals surface area contributed by atoms with Crippen molar-refractivity contribution in [3.63, 3.8) is 0 Å². The molecule has 1 saturated heterocycles. The molecule has 0 radical (unpaired) electrons. The Bertz CT molecular complexity index is 684. The van der Waals surface area contributed by atoms with Gasteiger partial charge in [0.05, 0.1) is 52.9 Å². The number of aliphatic hydroxyl groups is 1. The molecule has 14 heteroatoms. The van der Waals surface area contributed by atoms with Crippen molar-refractivity contribution in [3.05, 3.63) is 0 Å². The number of hydrogen-bond donors (Lipinski definition) is 1. The van der Waals surface area contributed by atoms with Gasteiger partial charge in [-0.05, 0) is 0 Å². The summed E-state index contributed by atoms with van der Waals surface area (Å²) in [5, 5.41) is 8.61. The molecule has 0 bridgehead atoms. The van der Waals surface area contributed by atoms with E-state index in [4.69, 9.17) is 47.7 Å². The van der Waals surface area contributed by atoms with Crippen molar-refractivity contribution in [2.75, 3.05) is 59.5 Å². The highest BCUT2D eigenvalue weighted by atomic mass is 16.7. The first kappa shape index (κ1) is 31.7. The second-order valence-corrected chi connectivity index (χ2v) is 7.50. The van der Waals surface area contributed by atoms with Crippen LogP contribution in [0.4, 0.5) is 0 Å². The van der Waals surface area contributed by atoms with Gasteiger partial charge in [0.2, 0.25) is 0 Å². The molecule has 1 heterocycles. The van der Waals surface area contributed by atoms with Crippen molar-refractivity contribution >= 4 is 23.9 Å². The quantitative estimate of drug-likeness (QED) is 0.141. The molecule has 0 aromatic carbocycles. The lowest BCUT2D eigenvalue weighted by atomic mass is 9.98. The van der Waals surface area contributed by atoms with E-state index in [2.05, 4.69) is 0 Å². The number of esters is 4. The third-order valence-electron chi connectivity index (χ3n) is 4.44. The number of aliphatic hydroxyl groups excluding tert-OH is 1. The second-order valence-electron chi connectivity index (χ2n) is 7.50. The summed E-state index contributed by atoms with van der Waals surface area (Å²) >= 11 is 0. The van der Waals surface area contributed by atoms with E-state index in [0.717, 1.165) is 20.8 Å². The molecular formula is C22H36O14. The summed E-state index contributed by atoms with van der Waals surface area (Å²) in [5.74, 6) is -2.78. The maximum Gasteiger partial charge on any atom is 0.303 e. The smallest absolute Gasteiger partial charge is 0.303 e. The maximum atomic E-state index is 11.8. The van der Waals surface area contributed by atoms with E-state index in [1.165, 1.54) is 6.92 Å². The average Bonchev–Trinajstić information content (AvgIpc) is 2.78. The zero-order chi connectivity index (χ0) is 26.9. The number of rotatable bonds is 17. The zero-order valence-electron chi connectivity index (χ0n) is 21.0. The van der Waals surface area contributed by atoms with Gasteiger partial charge in [-0.2, -0.15) is 0 Å². The third kappa shape index (κ3) is 13.1. The summed E-state index contributed by atoms with van der Waals surface area (Å²) in [4.78, 5) is 46.6. The largest absolute Gasteiger partial charge is 0.463 e. The fourth-order valence-corrected chi connectivity index (χ4v) is 3.15. The molecule has 5 atom stereocenters. The van der Waals surface area contributed by atoms with Crippen LogP contribution in [0.3, 0.4) is 0 Å². The van der Waals surface area contributed by atoms with Gasteiger partial charge in [0.1, 0.15) is 12.7 Å². The molecule has 0 aromatic rings. The summed E-state index contributed by atoms with van der Waals surface area (Å²) in [7, 11) is 0. The van der Waals surface area contributed by atoms with Gasteiger partial charge < -0.3 is 47.7 Å². The molecule has 0 aliphatic carbocycles. The highest BCUT2D eigenvalue weighted by molar-refractivity contribution is 5.68. The Morgan fingerprint density at radius 3 is 1.61 bits per heavy atom. The molecule has 36 heavy (non-hydrogen) atoms. The Morgan fingerprint density at radius 2 is 1.11 bits per heavy atom. The zero-order valence-corrected chi connectivity index (χ0v) is 21.0. The van der Waals surface area contributed by atoms with E-state index >= 15 is 0 Å². The van der Waals surface area contributed by atoms with E-state index in [1.54, 1.807) is 0 Å². The Hall–Kier alpha value is -2.36. The average molecular weight is 525 g/mol. The number of hydrogen-bond acceptors (Lipinski definition) is 14. The predicted molar refractivity (Wildman–Crippen MR) is 117 cm³/mol. The fourth-order valence-electron chi connectivity index (χ4n) is 3.15. The van der Waals surface area contributed by atoms with Gasteiger partial charge in [-0.1, -0.05) is 0 Å². The van der Waals surface area contributed by atoms with Crippen molar-refractivity contribution in [1.29, 1.82) is 0 Å². The lowest BCUT2D eigenvalue weighted by Crippen LogP contribution is -2.63. The Balaban J connectivity index is 2.77. The first-order valence-corrected chi connectivity index (χ1v) is 11.4. The molecule has 0 spiro atoms. The Labute approximate surface area is 209 Å². The van der Waals surface area contributed by atoms with Gasteiger partial charge in [-0.15, -0.1) is 0 Å². The minimum Gasteiger partial charge on any atom is -0.463 e. The Morgan fingerprint density at radius 1 is 0.639 bits per heavy atom. The van der Waals surface area contributed by atoms with Crippen LogP contribution in [0.25, 0.3) is 0 Å². The minimum absolute atomic E-state index is 0.00660. The van der Waals surface area contributed by atoms with Gasteiger partial charge in [0.25, 0.3) is 0 Å². The predicted octanol–water partition coefficient (Wildman–Crippen LogP) is -0.872. The van der Waals surface area contributed by atoms with Crippen molar-refractivity contribution < 1.29 is 66.9 Å². The first-order valence-electron chi connectivity index (χ1n) is 11.4. The van der Waals surface area contributed by atoms with Gasteiger partial charge in [0.15, 0.2) is 24.6 Å². The van der Waals surface area contributed by atoms with Crippen LogP contribution in [0.1, 0.15) is 27.7 Å². The number of ether oxygens (including phenoxy) is 9. The maximum absolute atomic E-state index is 11.8. The molecular weight excluding hydrogens is 488 g/mol. The summed E-state index contributed by atoms with van der Waals surface area (Å²) in [6.45, 7) is 5.85. The van der Waals surface area contributed by atoms with Crippen molar-refractivity contribution in [1.82, 2.24) is 0 Å². The SMILES string of the molecule is CC(=O)OC[C@H]1O[C@H](OCCOCCOCCOCCO)[C@@H](OC(C)=O)[C@@H](OC(C)=O)[C@@H]1OC(C)=O. The van der Waals surface area contributed by atoms with Crippen LogP contribution in [0, 0.1) is 0 Å². The first-order chi connectivity index (χ1) is 17.1. The summed E-state index contributed by atoms with van der Waals surface area (Å²) < 4.78 is 48.2. The summed E-state index contributed by atoms with van der Waals surface area (Å²) in [5.41, 5.74) is 0. The molecule has 1 aliphatic rings. The minimum atomic E-state index is -1.29. The van der Waals surface area contributed by atoms with Gasteiger partial charge in [-0.3, -0.25) is 19.2 Å². The second kappa shape index (κ2) is 18.0. The molecule has 0 amide bonds. The van der Waals surface area contributed by atoms with Crippen LogP contribution in [0.5, 0.6) is 0 Å².